The van der Waals surface area contributed by atoms with E-state index in [1.54, 1.807) is 6.26 Å². The number of hydrogen-bond donors (Lipinski definition) is 0. The van der Waals surface area contributed by atoms with Gasteiger partial charge in [-0.1, -0.05) is 11.8 Å². The van der Waals surface area contributed by atoms with Crippen LogP contribution >= 0.6 is 11.8 Å². The van der Waals surface area contributed by atoms with Crippen molar-refractivity contribution in [2.75, 3.05) is 12.9 Å². The van der Waals surface area contributed by atoms with Crippen LogP contribution < -0.4 is 0 Å². The molecule has 2 heterocycles. The first kappa shape index (κ1) is 12.7. The Balaban J connectivity index is 2.19. The smallest absolute Gasteiger partial charge is 0.316 e. The van der Waals surface area contributed by atoms with Gasteiger partial charge in [0, 0.05) is 7.05 Å². The maximum absolute atomic E-state index is 11.1. The molecule has 0 aliphatic carbocycles. The Morgan fingerprint density at radius 1 is 1.56 bits per heavy atom. The SMILES string of the molecule is COC(=O)CSc1nnc(-c2ccoc2C)n1C. The van der Waals surface area contributed by atoms with Gasteiger partial charge >= 0.3 is 5.97 Å². The third-order valence-corrected chi connectivity index (χ3v) is 3.48. The number of esters is 1. The third kappa shape index (κ3) is 2.40. The number of aromatic nitrogens is 3. The van der Waals surface area contributed by atoms with Crippen molar-refractivity contribution < 1.29 is 13.9 Å². The number of methoxy groups -OCH3 is 1. The van der Waals surface area contributed by atoms with E-state index in [1.165, 1.54) is 18.9 Å². The minimum Gasteiger partial charge on any atom is -0.469 e. The Morgan fingerprint density at radius 2 is 2.33 bits per heavy atom. The number of furan rings is 1. The zero-order chi connectivity index (χ0) is 13.1. The molecule has 0 bridgehead atoms. The molecule has 0 unspecified atom stereocenters. The molecule has 96 valence electrons. The summed E-state index contributed by atoms with van der Waals surface area (Å²) < 4.78 is 11.6. The van der Waals surface area contributed by atoms with Crippen LogP contribution in [0.4, 0.5) is 0 Å². The fourth-order valence-corrected chi connectivity index (χ4v) is 2.22. The summed E-state index contributed by atoms with van der Waals surface area (Å²) in [5.74, 6) is 1.43. The van der Waals surface area contributed by atoms with Gasteiger partial charge in [0.2, 0.25) is 0 Å². The van der Waals surface area contributed by atoms with Gasteiger partial charge in [-0.25, -0.2) is 0 Å². The predicted octanol–water partition coefficient (Wildman–Crippen LogP) is 1.65. The zero-order valence-corrected chi connectivity index (χ0v) is 11.2. The normalized spacial score (nSPS) is 10.6. The van der Waals surface area contributed by atoms with E-state index in [4.69, 9.17) is 4.42 Å². The Morgan fingerprint density at radius 3 is 2.94 bits per heavy atom. The quantitative estimate of drug-likeness (QED) is 0.619. The van der Waals surface area contributed by atoms with Gasteiger partial charge < -0.3 is 13.7 Å². The topological polar surface area (TPSA) is 70.2 Å². The third-order valence-electron chi connectivity index (χ3n) is 2.48. The van der Waals surface area contributed by atoms with E-state index in [-0.39, 0.29) is 11.7 Å². The molecule has 7 heteroatoms. The molecule has 0 saturated heterocycles. The van der Waals surface area contributed by atoms with Crippen molar-refractivity contribution in [2.45, 2.75) is 12.1 Å². The molecule has 0 radical (unpaired) electrons. The van der Waals surface area contributed by atoms with E-state index in [0.29, 0.717) is 11.0 Å². The van der Waals surface area contributed by atoms with Crippen LogP contribution in [0.15, 0.2) is 21.9 Å². The molecule has 2 aromatic heterocycles. The average Bonchev–Trinajstić information content (AvgIpc) is 2.93. The monoisotopic (exact) mass is 267 g/mol. The first-order chi connectivity index (χ1) is 8.63. The van der Waals surface area contributed by atoms with Gasteiger partial charge in [0.25, 0.3) is 0 Å². The average molecular weight is 267 g/mol. The molecule has 0 N–H and O–H groups in total. The Kier molecular flexibility index (Phi) is 3.71. The maximum Gasteiger partial charge on any atom is 0.316 e. The number of rotatable bonds is 4. The number of thioether (sulfide) groups is 1. The van der Waals surface area contributed by atoms with Crippen LogP contribution in [0.2, 0.25) is 0 Å². The summed E-state index contributed by atoms with van der Waals surface area (Å²) in [6.07, 6.45) is 1.61. The van der Waals surface area contributed by atoms with E-state index in [9.17, 15) is 4.79 Å². The summed E-state index contributed by atoms with van der Waals surface area (Å²) in [5.41, 5.74) is 0.898. The van der Waals surface area contributed by atoms with E-state index in [2.05, 4.69) is 14.9 Å². The van der Waals surface area contributed by atoms with Crippen LogP contribution in [0.25, 0.3) is 11.4 Å². The van der Waals surface area contributed by atoms with Crippen LogP contribution in [0.3, 0.4) is 0 Å². The van der Waals surface area contributed by atoms with E-state index >= 15 is 0 Å². The van der Waals surface area contributed by atoms with Crippen LogP contribution in [-0.4, -0.2) is 33.6 Å². The summed E-state index contributed by atoms with van der Waals surface area (Å²) in [5, 5.41) is 8.81. The predicted molar refractivity (Wildman–Crippen MR) is 66.2 cm³/mol. The van der Waals surface area contributed by atoms with Crippen molar-refractivity contribution in [1.82, 2.24) is 14.8 Å². The van der Waals surface area contributed by atoms with Crippen LogP contribution in [-0.2, 0) is 16.6 Å². The highest BCUT2D eigenvalue weighted by Crippen LogP contribution is 2.25. The first-order valence-electron chi connectivity index (χ1n) is 5.27. The lowest BCUT2D eigenvalue weighted by atomic mass is 10.2. The highest BCUT2D eigenvalue weighted by atomic mass is 32.2. The molecule has 2 rings (SSSR count). The summed E-state index contributed by atoms with van der Waals surface area (Å²) >= 11 is 1.29. The second kappa shape index (κ2) is 5.26. The van der Waals surface area contributed by atoms with Gasteiger partial charge in [0.1, 0.15) is 5.76 Å². The number of hydrogen-bond acceptors (Lipinski definition) is 6. The van der Waals surface area contributed by atoms with Crippen molar-refractivity contribution in [2.24, 2.45) is 7.05 Å². The lowest BCUT2D eigenvalue weighted by Gasteiger charge is -2.02. The minimum atomic E-state index is -0.288. The van der Waals surface area contributed by atoms with Crippen LogP contribution in [0, 0.1) is 6.92 Å². The van der Waals surface area contributed by atoms with Crippen molar-refractivity contribution in [3.8, 4) is 11.4 Å². The molecule has 0 fully saturated rings. The summed E-state index contributed by atoms with van der Waals surface area (Å²) in [7, 11) is 3.21. The minimum absolute atomic E-state index is 0.215. The van der Waals surface area contributed by atoms with E-state index in [1.807, 2.05) is 24.6 Å². The van der Waals surface area contributed by atoms with Gasteiger partial charge in [0.05, 0.1) is 24.7 Å². The molecule has 0 aromatic carbocycles. The molecule has 0 spiro atoms. The van der Waals surface area contributed by atoms with Gasteiger partial charge in [-0.2, -0.15) is 0 Å². The molecular formula is C11H13N3O3S. The number of ether oxygens (including phenoxy) is 1. The van der Waals surface area contributed by atoms with Crippen LogP contribution in [0.1, 0.15) is 5.76 Å². The maximum atomic E-state index is 11.1. The number of carbonyl (C=O) groups is 1. The van der Waals surface area contributed by atoms with Crippen molar-refractivity contribution >= 4 is 17.7 Å². The molecule has 0 aliphatic rings. The first-order valence-corrected chi connectivity index (χ1v) is 6.25. The van der Waals surface area contributed by atoms with Crippen molar-refractivity contribution in [3.63, 3.8) is 0 Å². The standard InChI is InChI=1S/C11H13N3O3S/c1-7-8(4-5-17-7)10-12-13-11(14(10)2)18-6-9(15)16-3/h4-5H,6H2,1-3H3. The number of aryl methyl sites for hydroxylation is 1. The molecule has 0 aliphatic heterocycles. The lowest BCUT2D eigenvalue weighted by Crippen LogP contribution is -2.04. The second-order valence-corrected chi connectivity index (χ2v) is 4.56. The van der Waals surface area contributed by atoms with Crippen LogP contribution in [0.5, 0.6) is 0 Å². The molecule has 0 atom stereocenters. The molecule has 0 amide bonds. The van der Waals surface area contributed by atoms with E-state index < -0.39 is 0 Å². The summed E-state index contributed by atoms with van der Waals surface area (Å²) in [6.45, 7) is 1.87. The molecule has 2 aromatic rings. The fraction of sp³-hybridized carbons (Fsp3) is 0.364. The number of nitrogens with zero attached hydrogens (tertiary/aromatic N) is 3. The van der Waals surface area contributed by atoms with Gasteiger partial charge in [-0.3, -0.25) is 4.79 Å². The summed E-state index contributed by atoms with van der Waals surface area (Å²) in [6, 6.07) is 1.84. The highest BCUT2D eigenvalue weighted by Gasteiger charge is 2.15. The Hall–Kier alpha value is -1.76. The molecular weight excluding hydrogens is 254 g/mol. The van der Waals surface area contributed by atoms with Gasteiger partial charge in [-0.15, -0.1) is 10.2 Å². The lowest BCUT2D eigenvalue weighted by molar-refractivity contribution is -0.137. The fourth-order valence-electron chi connectivity index (χ4n) is 1.47. The van der Waals surface area contributed by atoms with Crippen molar-refractivity contribution in [3.05, 3.63) is 18.1 Å². The van der Waals surface area contributed by atoms with Gasteiger partial charge in [0.15, 0.2) is 11.0 Å². The zero-order valence-electron chi connectivity index (χ0n) is 10.3. The Labute approximate surface area is 108 Å². The van der Waals surface area contributed by atoms with Gasteiger partial charge in [-0.05, 0) is 13.0 Å². The Bertz CT molecular complexity index is 562. The van der Waals surface area contributed by atoms with Crippen molar-refractivity contribution in [1.29, 1.82) is 0 Å². The summed E-state index contributed by atoms with van der Waals surface area (Å²) in [4.78, 5) is 11.1. The second-order valence-electron chi connectivity index (χ2n) is 3.62. The number of carbonyl (C=O) groups excluding carboxylic acids is 1. The molecule has 18 heavy (non-hydrogen) atoms. The van der Waals surface area contributed by atoms with E-state index in [0.717, 1.165) is 11.3 Å². The molecule has 6 nitrogen and oxygen atoms in total. The largest absolute Gasteiger partial charge is 0.469 e. The molecule has 0 saturated carbocycles. The highest BCUT2D eigenvalue weighted by molar-refractivity contribution is 7.99.